The summed E-state index contributed by atoms with van der Waals surface area (Å²) in [6, 6.07) is 3.59. The summed E-state index contributed by atoms with van der Waals surface area (Å²) >= 11 is 7.29. The molecule has 80 valence electrons. The molecule has 3 N–H and O–H groups in total. The molecule has 1 aliphatic rings. The molecule has 0 unspecified atom stereocenters. The van der Waals surface area contributed by atoms with E-state index in [9.17, 15) is 0 Å². The van der Waals surface area contributed by atoms with E-state index in [0.29, 0.717) is 11.0 Å². The Morgan fingerprint density at radius 2 is 2.19 bits per heavy atom. The molecule has 0 saturated carbocycles. The normalized spacial score (nSPS) is 12.6. The minimum atomic E-state index is 0.247. The van der Waals surface area contributed by atoms with Gasteiger partial charge >= 0.3 is 0 Å². The molecule has 0 aliphatic carbocycles. The maximum absolute atomic E-state index is 5.83. The topological polar surface area (TPSA) is 76.7 Å². The summed E-state index contributed by atoms with van der Waals surface area (Å²) in [7, 11) is 0. The van der Waals surface area contributed by atoms with E-state index in [4.69, 9.17) is 17.3 Å². The smallest absolute Gasteiger partial charge is 0.222 e. The maximum atomic E-state index is 5.83. The molecule has 2 aromatic rings. The highest BCUT2D eigenvalue weighted by Gasteiger charge is 2.18. The first-order chi connectivity index (χ1) is 7.72. The van der Waals surface area contributed by atoms with Gasteiger partial charge in [-0.2, -0.15) is 4.98 Å². The number of halogens is 1. The Kier molecular flexibility index (Phi) is 2.12. The van der Waals surface area contributed by atoms with Crippen LogP contribution in [0, 0.1) is 0 Å². The Morgan fingerprint density at radius 1 is 1.31 bits per heavy atom. The van der Waals surface area contributed by atoms with Crippen LogP contribution in [0.2, 0.25) is 5.15 Å². The number of rotatable bonds is 0. The van der Waals surface area contributed by atoms with Gasteiger partial charge in [0.25, 0.3) is 0 Å². The van der Waals surface area contributed by atoms with E-state index in [0.717, 1.165) is 15.6 Å². The zero-order chi connectivity index (χ0) is 11.1. The first kappa shape index (κ1) is 9.68. The summed E-state index contributed by atoms with van der Waals surface area (Å²) in [4.78, 5) is 13.1. The van der Waals surface area contributed by atoms with Crippen molar-refractivity contribution in [3.8, 4) is 0 Å². The average Bonchev–Trinajstić information content (AvgIpc) is 2.26. The van der Waals surface area contributed by atoms with Gasteiger partial charge in [0.05, 0.1) is 10.6 Å². The highest BCUT2D eigenvalue weighted by atomic mass is 35.5. The third kappa shape index (κ3) is 1.56. The average molecular weight is 252 g/mol. The number of hydrogen-bond acceptors (Lipinski definition) is 6. The van der Waals surface area contributed by atoms with Crippen LogP contribution < -0.4 is 11.1 Å². The molecule has 0 spiro atoms. The third-order valence-corrected chi connectivity index (χ3v) is 3.29. The van der Waals surface area contributed by atoms with E-state index in [1.54, 1.807) is 12.3 Å². The first-order valence-electron chi connectivity index (χ1n) is 4.46. The lowest BCUT2D eigenvalue weighted by Gasteiger charge is -2.18. The van der Waals surface area contributed by atoms with Crippen LogP contribution in [0.3, 0.4) is 0 Å². The molecule has 16 heavy (non-hydrogen) atoms. The van der Waals surface area contributed by atoms with Crippen LogP contribution in [0.15, 0.2) is 28.3 Å². The van der Waals surface area contributed by atoms with E-state index in [2.05, 4.69) is 20.3 Å². The summed E-state index contributed by atoms with van der Waals surface area (Å²) in [5.74, 6) is 0.950. The quantitative estimate of drug-likeness (QED) is 0.597. The fraction of sp³-hybridized carbons (Fsp3) is 0. The van der Waals surface area contributed by atoms with E-state index >= 15 is 0 Å². The molecule has 7 heteroatoms. The van der Waals surface area contributed by atoms with Gasteiger partial charge in [-0.1, -0.05) is 23.4 Å². The summed E-state index contributed by atoms with van der Waals surface area (Å²) in [6.07, 6.45) is 1.67. The van der Waals surface area contributed by atoms with Crippen molar-refractivity contribution in [2.75, 3.05) is 11.1 Å². The van der Waals surface area contributed by atoms with Gasteiger partial charge in [0.15, 0.2) is 0 Å². The SMILES string of the molecule is Nc1ncc2c(n1)Nc1ccc(Cl)nc1S2. The lowest BCUT2D eigenvalue weighted by atomic mass is 10.4. The molecule has 2 aromatic heterocycles. The highest BCUT2D eigenvalue weighted by molar-refractivity contribution is 7.99. The van der Waals surface area contributed by atoms with Crippen LogP contribution in [0.1, 0.15) is 0 Å². The Labute approximate surface area is 100 Å². The van der Waals surface area contributed by atoms with Gasteiger partial charge in [-0.15, -0.1) is 0 Å². The summed E-state index contributed by atoms with van der Waals surface area (Å²) in [5.41, 5.74) is 6.39. The van der Waals surface area contributed by atoms with Gasteiger partial charge in [-0.25, -0.2) is 9.97 Å². The summed E-state index contributed by atoms with van der Waals surface area (Å²) < 4.78 is 0. The van der Waals surface area contributed by atoms with Crippen molar-refractivity contribution in [1.82, 2.24) is 15.0 Å². The van der Waals surface area contributed by atoms with Crippen molar-refractivity contribution in [3.63, 3.8) is 0 Å². The Balaban J connectivity index is 2.09. The Morgan fingerprint density at radius 3 is 3.06 bits per heavy atom. The zero-order valence-corrected chi connectivity index (χ0v) is 9.51. The molecule has 0 fully saturated rings. The van der Waals surface area contributed by atoms with E-state index < -0.39 is 0 Å². The minimum absolute atomic E-state index is 0.247. The second kappa shape index (κ2) is 3.50. The summed E-state index contributed by atoms with van der Waals surface area (Å²) in [6.45, 7) is 0. The molecule has 3 heterocycles. The predicted octanol–water partition coefficient (Wildman–Crippen LogP) is 2.32. The molecular formula is C9H6ClN5S. The number of aromatic nitrogens is 3. The second-order valence-corrected chi connectivity index (χ2v) is 4.57. The number of nitrogen functional groups attached to an aromatic ring is 1. The van der Waals surface area contributed by atoms with Crippen molar-refractivity contribution in [1.29, 1.82) is 0 Å². The molecule has 0 atom stereocenters. The van der Waals surface area contributed by atoms with Crippen molar-refractivity contribution in [2.24, 2.45) is 0 Å². The molecule has 0 amide bonds. The molecule has 0 radical (unpaired) electrons. The molecule has 0 aromatic carbocycles. The number of nitrogens with zero attached hydrogens (tertiary/aromatic N) is 3. The molecule has 3 rings (SSSR count). The van der Waals surface area contributed by atoms with Crippen molar-refractivity contribution < 1.29 is 0 Å². The van der Waals surface area contributed by atoms with Gasteiger partial charge in [0.2, 0.25) is 5.95 Å². The van der Waals surface area contributed by atoms with Gasteiger partial charge in [0, 0.05) is 6.20 Å². The number of nitrogens with one attached hydrogen (secondary N) is 1. The largest absolute Gasteiger partial charge is 0.368 e. The monoisotopic (exact) mass is 251 g/mol. The van der Waals surface area contributed by atoms with Gasteiger partial charge in [0.1, 0.15) is 16.0 Å². The van der Waals surface area contributed by atoms with Gasteiger partial charge < -0.3 is 11.1 Å². The molecule has 1 aliphatic heterocycles. The van der Waals surface area contributed by atoms with Crippen molar-refractivity contribution in [2.45, 2.75) is 9.92 Å². The van der Waals surface area contributed by atoms with Crippen LogP contribution >= 0.6 is 23.4 Å². The van der Waals surface area contributed by atoms with Crippen LogP contribution in [0.4, 0.5) is 17.5 Å². The van der Waals surface area contributed by atoms with Crippen LogP contribution in [-0.2, 0) is 0 Å². The lowest BCUT2D eigenvalue weighted by molar-refractivity contribution is 1.06. The molecule has 0 saturated heterocycles. The number of nitrogens with two attached hydrogens (primary N) is 1. The number of hydrogen-bond donors (Lipinski definition) is 2. The Bertz CT molecular complexity index is 522. The molecule has 0 bridgehead atoms. The standard InChI is InChI=1S/C9H6ClN5S/c10-6-2-1-4-8(14-6)16-5-3-12-9(11)15-7(5)13-4/h1-3H,(H3,11,12,13,15). The fourth-order valence-corrected chi connectivity index (χ4v) is 2.45. The second-order valence-electron chi connectivity index (χ2n) is 3.15. The van der Waals surface area contributed by atoms with Crippen LogP contribution in [-0.4, -0.2) is 15.0 Å². The first-order valence-corrected chi connectivity index (χ1v) is 5.66. The minimum Gasteiger partial charge on any atom is -0.368 e. The molecule has 5 nitrogen and oxygen atoms in total. The summed E-state index contributed by atoms with van der Waals surface area (Å²) in [5, 5.41) is 4.41. The fourth-order valence-electron chi connectivity index (χ4n) is 1.37. The van der Waals surface area contributed by atoms with Crippen LogP contribution in [0.25, 0.3) is 0 Å². The van der Waals surface area contributed by atoms with Gasteiger partial charge in [-0.3, -0.25) is 0 Å². The van der Waals surface area contributed by atoms with Crippen molar-refractivity contribution in [3.05, 3.63) is 23.5 Å². The van der Waals surface area contributed by atoms with Crippen LogP contribution in [0.5, 0.6) is 0 Å². The lowest BCUT2D eigenvalue weighted by Crippen LogP contribution is -2.06. The predicted molar refractivity (Wildman–Crippen MR) is 63.1 cm³/mol. The number of anilines is 3. The Hall–Kier alpha value is -1.53. The number of fused-ring (bicyclic) bond motifs is 2. The molecular weight excluding hydrogens is 246 g/mol. The number of pyridine rings is 1. The van der Waals surface area contributed by atoms with E-state index in [-0.39, 0.29) is 5.95 Å². The maximum Gasteiger partial charge on any atom is 0.222 e. The van der Waals surface area contributed by atoms with Gasteiger partial charge in [-0.05, 0) is 12.1 Å². The zero-order valence-electron chi connectivity index (χ0n) is 7.94. The van der Waals surface area contributed by atoms with E-state index in [1.807, 2.05) is 6.07 Å². The van der Waals surface area contributed by atoms with Crippen molar-refractivity contribution >= 4 is 40.8 Å². The third-order valence-electron chi connectivity index (χ3n) is 2.06. The highest BCUT2D eigenvalue weighted by Crippen LogP contribution is 2.42. The van der Waals surface area contributed by atoms with E-state index in [1.165, 1.54) is 11.8 Å².